The summed E-state index contributed by atoms with van der Waals surface area (Å²) in [6, 6.07) is 12.0. The molecule has 21 heavy (non-hydrogen) atoms. The molecule has 5 heteroatoms. The highest BCUT2D eigenvalue weighted by atomic mass is 16.5. The fraction of sp³-hybridized carbons (Fsp3) is 0.375. The zero-order valence-electron chi connectivity index (χ0n) is 11.9. The maximum Gasteiger partial charge on any atom is 0.246 e. The monoisotopic (exact) mass is 285 g/mol. The van der Waals surface area contributed by atoms with Gasteiger partial charge >= 0.3 is 0 Å². The standard InChI is InChI=1S/C16H19N3O2/c20-16(12-21-11-13-4-2-1-3-5-13)18-14-7-9-19-15(10-14)6-8-17-19/h1-6,8,14H,7,9-12H2,(H,18,20)/t14-/m0/s1. The number of carbonyl (C=O) groups is 1. The Balaban J connectivity index is 1.41. The van der Waals surface area contributed by atoms with E-state index in [0.29, 0.717) is 6.61 Å². The zero-order chi connectivity index (χ0) is 14.5. The van der Waals surface area contributed by atoms with Crippen molar-refractivity contribution in [1.82, 2.24) is 15.1 Å². The van der Waals surface area contributed by atoms with Gasteiger partial charge in [0, 0.05) is 30.9 Å². The third-order valence-electron chi connectivity index (χ3n) is 3.66. The molecule has 2 aromatic rings. The van der Waals surface area contributed by atoms with Gasteiger partial charge in [-0.05, 0) is 18.1 Å². The lowest BCUT2D eigenvalue weighted by molar-refractivity contribution is -0.126. The molecule has 1 aliphatic heterocycles. The van der Waals surface area contributed by atoms with E-state index in [4.69, 9.17) is 4.74 Å². The van der Waals surface area contributed by atoms with Gasteiger partial charge in [-0.15, -0.1) is 0 Å². The molecule has 0 bridgehead atoms. The number of benzene rings is 1. The van der Waals surface area contributed by atoms with Crippen LogP contribution in [0.4, 0.5) is 0 Å². The maximum absolute atomic E-state index is 11.9. The van der Waals surface area contributed by atoms with Crippen LogP contribution in [0.3, 0.4) is 0 Å². The van der Waals surface area contributed by atoms with E-state index in [1.807, 2.05) is 47.3 Å². The van der Waals surface area contributed by atoms with Crippen LogP contribution in [0.25, 0.3) is 0 Å². The molecule has 1 atom stereocenters. The first kappa shape index (κ1) is 13.8. The van der Waals surface area contributed by atoms with Gasteiger partial charge < -0.3 is 10.1 Å². The summed E-state index contributed by atoms with van der Waals surface area (Å²) in [6.07, 6.45) is 3.56. The summed E-state index contributed by atoms with van der Waals surface area (Å²) < 4.78 is 7.44. The van der Waals surface area contributed by atoms with Gasteiger partial charge in [0.15, 0.2) is 0 Å². The lowest BCUT2D eigenvalue weighted by Crippen LogP contribution is -2.41. The Labute approximate surface area is 123 Å². The largest absolute Gasteiger partial charge is 0.367 e. The van der Waals surface area contributed by atoms with Gasteiger partial charge in [-0.2, -0.15) is 5.10 Å². The number of aromatic nitrogens is 2. The fourth-order valence-electron chi connectivity index (χ4n) is 2.60. The summed E-state index contributed by atoms with van der Waals surface area (Å²) in [5.41, 5.74) is 2.25. The van der Waals surface area contributed by atoms with E-state index in [1.165, 1.54) is 5.69 Å². The van der Waals surface area contributed by atoms with Gasteiger partial charge in [-0.25, -0.2) is 0 Å². The van der Waals surface area contributed by atoms with Gasteiger partial charge in [-0.3, -0.25) is 9.48 Å². The average molecular weight is 285 g/mol. The van der Waals surface area contributed by atoms with E-state index in [0.717, 1.165) is 24.9 Å². The second-order valence-electron chi connectivity index (χ2n) is 5.28. The highest BCUT2D eigenvalue weighted by molar-refractivity contribution is 5.77. The number of fused-ring (bicyclic) bond motifs is 1. The van der Waals surface area contributed by atoms with E-state index >= 15 is 0 Å². The third-order valence-corrected chi connectivity index (χ3v) is 3.66. The number of hydrogen-bond donors (Lipinski definition) is 1. The second-order valence-corrected chi connectivity index (χ2v) is 5.28. The summed E-state index contributed by atoms with van der Waals surface area (Å²) >= 11 is 0. The lowest BCUT2D eigenvalue weighted by atomic mass is 10.0. The summed E-state index contributed by atoms with van der Waals surface area (Å²) in [5.74, 6) is -0.0519. The minimum absolute atomic E-state index is 0.0519. The Kier molecular flexibility index (Phi) is 4.31. The second kappa shape index (κ2) is 6.54. The van der Waals surface area contributed by atoms with Crippen molar-refractivity contribution in [3.05, 3.63) is 53.9 Å². The number of rotatable bonds is 5. The molecule has 0 saturated carbocycles. The Morgan fingerprint density at radius 3 is 3.05 bits per heavy atom. The third kappa shape index (κ3) is 3.70. The van der Waals surface area contributed by atoms with Gasteiger partial charge in [-0.1, -0.05) is 30.3 Å². The molecule has 0 radical (unpaired) electrons. The normalized spacial score (nSPS) is 17.2. The summed E-state index contributed by atoms with van der Waals surface area (Å²) in [4.78, 5) is 11.9. The van der Waals surface area contributed by atoms with Crippen molar-refractivity contribution >= 4 is 5.91 Å². The molecule has 1 aromatic carbocycles. The minimum atomic E-state index is -0.0519. The number of carbonyl (C=O) groups excluding carboxylic acids is 1. The number of amides is 1. The quantitative estimate of drug-likeness (QED) is 0.906. The molecule has 110 valence electrons. The van der Waals surface area contributed by atoms with Gasteiger partial charge in [0.2, 0.25) is 5.91 Å². The number of hydrogen-bond acceptors (Lipinski definition) is 3. The molecule has 0 saturated heterocycles. The van der Waals surface area contributed by atoms with Crippen molar-refractivity contribution in [3.8, 4) is 0 Å². The van der Waals surface area contributed by atoms with Gasteiger partial charge in [0.05, 0.1) is 6.61 Å². The highest BCUT2D eigenvalue weighted by Crippen LogP contribution is 2.13. The molecule has 1 aliphatic rings. The van der Waals surface area contributed by atoms with Crippen LogP contribution in [0.2, 0.25) is 0 Å². The minimum Gasteiger partial charge on any atom is -0.367 e. The van der Waals surface area contributed by atoms with E-state index in [2.05, 4.69) is 10.4 Å². The fourth-order valence-corrected chi connectivity index (χ4v) is 2.60. The van der Waals surface area contributed by atoms with Crippen LogP contribution < -0.4 is 5.32 Å². The summed E-state index contributed by atoms with van der Waals surface area (Å²) in [5, 5.41) is 7.26. The summed E-state index contributed by atoms with van der Waals surface area (Å²) in [7, 11) is 0. The van der Waals surface area contributed by atoms with E-state index in [9.17, 15) is 4.79 Å². The molecule has 0 aliphatic carbocycles. The van der Waals surface area contributed by atoms with E-state index < -0.39 is 0 Å². The Bertz CT molecular complexity index is 595. The van der Waals surface area contributed by atoms with Crippen LogP contribution in [0.15, 0.2) is 42.6 Å². The van der Waals surface area contributed by atoms with Crippen molar-refractivity contribution in [1.29, 1.82) is 0 Å². The molecule has 0 unspecified atom stereocenters. The molecule has 5 nitrogen and oxygen atoms in total. The van der Waals surface area contributed by atoms with Gasteiger partial charge in [0.1, 0.15) is 6.61 Å². The molecule has 1 amide bonds. The van der Waals surface area contributed by atoms with E-state index in [-0.39, 0.29) is 18.6 Å². The zero-order valence-corrected chi connectivity index (χ0v) is 11.9. The summed E-state index contributed by atoms with van der Waals surface area (Å²) in [6.45, 7) is 1.43. The van der Waals surface area contributed by atoms with Crippen molar-refractivity contribution in [3.63, 3.8) is 0 Å². The Morgan fingerprint density at radius 2 is 2.19 bits per heavy atom. The van der Waals surface area contributed by atoms with Gasteiger partial charge in [0.25, 0.3) is 0 Å². The molecule has 2 heterocycles. The average Bonchev–Trinajstić information content (AvgIpc) is 2.96. The van der Waals surface area contributed by atoms with Crippen LogP contribution >= 0.6 is 0 Å². The number of nitrogens with zero attached hydrogens (tertiary/aromatic N) is 2. The van der Waals surface area contributed by atoms with Crippen molar-refractivity contribution < 1.29 is 9.53 Å². The van der Waals surface area contributed by atoms with Crippen LogP contribution in [-0.2, 0) is 29.1 Å². The predicted octanol–water partition coefficient (Wildman–Crippen LogP) is 1.53. The number of nitrogens with one attached hydrogen (secondary N) is 1. The number of ether oxygens (including phenoxy) is 1. The smallest absolute Gasteiger partial charge is 0.246 e. The Morgan fingerprint density at radius 1 is 1.33 bits per heavy atom. The first-order valence-electron chi connectivity index (χ1n) is 7.23. The number of aryl methyl sites for hydroxylation is 1. The van der Waals surface area contributed by atoms with Crippen molar-refractivity contribution in [2.75, 3.05) is 6.61 Å². The Hall–Kier alpha value is -2.14. The van der Waals surface area contributed by atoms with Crippen molar-refractivity contribution in [2.45, 2.75) is 32.0 Å². The SMILES string of the molecule is O=C(COCc1ccccc1)N[C@H]1CCn2nccc2C1. The molecule has 3 rings (SSSR count). The van der Waals surface area contributed by atoms with Crippen LogP contribution in [-0.4, -0.2) is 28.3 Å². The molecular formula is C16H19N3O2. The van der Waals surface area contributed by atoms with Crippen LogP contribution in [0.1, 0.15) is 17.7 Å². The molecule has 1 N–H and O–H groups in total. The van der Waals surface area contributed by atoms with Crippen LogP contribution in [0, 0.1) is 0 Å². The molecule has 0 fully saturated rings. The van der Waals surface area contributed by atoms with E-state index in [1.54, 1.807) is 0 Å². The predicted molar refractivity (Wildman–Crippen MR) is 78.6 cm³/mol. The lowest BCUT2D eigenvalue weighted by Gasteiger charge is -2.24. The van der Waals surface area contributed by atoms with Crippen LogP contribution in [0.5, 0.6) is 0 Å². The topological polar surface area (TPSA) is 56.1 Å². The maximum atomic E-state index is 11.9. The van der Waals surface area contributed by atoms with Crippen molar-refractivity contribution in [2.24, 2.45) is 0 Å². The first-order valence-corrected chi connectivity index (χ1v) is 7.23. The first-order chi connectivity index (χ1) is 10.3. The highest BCUT2D eigenvalue weighted by Gasteiger charge is 2.20. The molecular weight excluding hydrogens is 266 g/mol. The molecule has 0 spiro atoms. The molecule has 1 aromatic heterocycles.